The number of halogens is 2. The van der Waals surface area contributed by atoms with Gasteiger partial charge in [0, 0.05) is 17.2 Å². The normalized spacial score (nSPS) is 24.0. The van der Waals surface area contributed by atoms with Gasteiger partial charge < -0.3 is 29.9 Å². The molecule has 6 atom stereocenters. The summed E-state index contributed by atoms with van der Waals surface area (Å²) in [7, 11) is -4.64. The Labute approximate surface area is 249 Å². The Hall–Kier alpha value is -2.91. The molecule has 2 aromatic rings. The predicted molar refractivity (Wildman–Crippen MR) is 151 cm³/mol. The van der Waals surface area contributed by atoms with Gasteiger partial charge in [-0.05, 0) is 43.0 Å². The third kappa shape index (κ3) is 7.92. The monoisotopic (exact) mass is 649 g/mol. The highest BCUT2D eigenvalue weighted by Gasteiger charge is 2.56. The smallest absolute Gasteiger partial charge is 0.459 e. The van der Waals surface area contributed by atoms with Crippen LogP contribution < -0.4 is 21.0 Å². The van der Waals surface area contributed by atoms with Gasteiger partial charge in [-0.1, -0.05) is 42.2 Å². The summed E-state index contributed by atoms with van der Waals surface area (Å²) in [6, 6.07) is 3.99. The average molecular weight is 650 g/mol. The van der Waals surface area contributed by atoms with Crippen LogP contribution >= 0.6 is 30.9 Å². The zero-order chi connectivity index (χ0) is 31.2. The zero-order valence-electron chi connectivity index (χ0n) is 22.7. The summed E-state index contributed by atoms with van der Waals surface area (Å²) in [5.74, 6) is -1.03. The van der Waals surface area contributed by atoms with Crippen molar-refractivity contribution in [2.75, 3.05) is 18.9 Å². The highest BCUT2D eigenvalue weighted by molar-refractivity contribution is 7.52. The lowest BCUT2D eigenvalue weighted by atomic mass is 10.1. The second-order valence-corrected chi connectivity index (χ2v) is 12.0. The molecular weight excluding hydrogens is 620 g/mol. The van der Waals surface area contributed by atoms with Crippen LogP contribution in [-0.2, 0) is 23.4 Å². The fraction of sp³-hybridized carbons (Fsp3) is 0.522. The van der Waals surface area contributed by atoms with Crippen LogP contribution in [0.2, 0.25) is 10.0 Å². The lowest BCUT2D eigenvalue weighted by Crippen LogP contribution is -2.46. The molecule has 230 valence electrons. The number of carbonyl (C=O) groups is 1. The molecule has 2 heterocycles. The Morgan fingerprint density at radius 3 is 2.67 bits per heavy atom. The van der Waals surface area contributed by atoms with Gasteiger partial charge in [0.2, 0.25) is 5.72 Å². The first-order chi connectivity index (χ1) is 19.7. The maximum Gasteiger partial charge on any atom is 0.459 e. The number of esters is 1. The number of azide groups is 1. The van der Waals surface area contributed by atoms with Crippen LogP contribution in [0.5, 0.6) is 5.75 Å². The highest BCUT2D eigenvalue weighted by atomic mass is 35.5. The molecule has 1 aromatic carbocycles. The van der Waals surface area contributed by atoms with Crippen molar-refractivity contribution in [3.8, 4) is 5.75 Å². The number of aliphatic hydroxyl groups is 2. The molecule has 19 heteroatoms. The van der Waals surface area contributed by atoms with Crippen molar-refractivity contribution in [2.24, 2.45) is 11.0 Å². The number of aromatic nitrogens is 2. The summed E-state index contributed by atoms with van der Waals surface area (Å²) in [6.07, 6.45) is -4.18. The van der Waals surface area contributed by atoms with E-state index in [2.05, 4.69) is 20.1 Å². The van der Waals surface area contributed by atoms with E-state index < -0.39 is 56.2 Å². The number of aliphatic hydroxyl groups excluding tert-OH is 2. The summed E-state index contributed by atoms with van der Waals surface area (Å²) < 4.78 is 36.9. The van der Waals surface area contributed by atoms with Crippen LogP contribution in [-0.4, -0.2) is 62.9 Å². The molecule has 1 saturated heterocycles. The second-order valence-electron chi connectivity index (χ2n) is 9.52. The van der Waals surface area contributed by atoms with Crippen LogP contribution in [0.25, 0.3) is 10.4 Å². The first kappa shape index (κ1) is 33.6. The Morgan fingerprint density at radius 2 is 2.07 bits per heavy atom. The highest BCUT2D eigenvalue weighted by Crippen LogP contribution is 2.49. The number of carbonyl (C=O) groups excluding carboxylic acids is 1. The molecule has 0 saturated carbocycles. The summed E-state index contributed by atoms with van der Waals surface area (Å²) in [4.78, 5) is 31.3. The number of nitrogens with zero attached hydrogens (tertiary/aromatic N) is 5. The molecular formula is C23H30Cl2N7O9P. The quantitative estimate of drug-likeness (QED) is 0.0805. The molecule has 42 heavy (non-hydrogen) atoms. The van der Waals surface area contributed by atoms with Crippen LogP contribution in [0.1, 0.15) is 33.4 Å². The molecule has 0 bridgehead atoms. The minimum absolute atomic E-state index is 0.0343. The summed E-state index contributed by atoms with van der Waals surface area (Å²) in [6.45, 7) is 4.26. The number of hydrogen-bond acceptors (Lipinski definition) is 12. The fourth-order valence-corrected chi connectivity index (χ4v) is 5.77. The fourth-order valence-electron chi connectivity index (χ4n) is 3.97. The Balaban J connectivity index is 1.99. The van der Waals surface area contributed by atoms with E-state index in [1.165, 1.54) is 24.3 Å². The summed E-state index contributed by atoms with van der Waals surface area (Å²) in [5.41, 5.74) is 11.4. The number of hydrogen-bond donors (Lipinski definition) is 4. The van der Waals surface area contributed by atoms with Crippen LogP contribution in [0.15, 0.2) is 40.4 Å². The molecule has 5 N–H and O–H groups in total. The van der Waals surface area contributed by atoms with E-state index in [-0.39, 0.29) is 40.6 Å². The molecule has 1 aliphatic rings. The molecule has 3 rings (SSSR count). The topological polar surface area (TPSA) is 233 Å². The standard InChI is InChI=1S/C23H30Cl2N7O9P/c1-4-38-21(35)16(9-12(2)3)29-42(37,41-13-5-6-14(24)15(25)10-13)39-11-23(30-31-27)19(34)18(33)20(40-23)32-8-7-17(26)28-22(32)36/h5-8,10,12,16,18-20,33-34H,4,9,11H2,1-3H3,(H,29,37)(H2,26,28,36)/t16-,18+,19-,20+,23+,42?/m0/s1. The number of benzene rings is 1. The van der Waals surface area contributed by atoms with Crippen molar-refractivity contribution in [3.05, 3.63) is 61.4 Å². The van der Waals surface area contributed by atoms with E-state index >= 15 is 0 Å². The average Bonchev–Trinajstić information content (AvgIpc) is 3.15. The Kier molecular flexibility index (Phi) is 11.2. The number of nitrogens with two attached hydrogens (primary N) is 1. The van der Waals surface area contributed by atoms with Crippen LogP contribution in [0.4, 0.5) is 5.82 Å². The molecule has 0 aliphatic carbocycles. The van der Waals surface area contributed by atoms with Gasteiger partial charge in [0.1, 0.15) is 29.8 Å². The van der Waals surface area contributed by atoms with Crippen LogP contribution in [0.3, 0.4) is 0 Å². The minimum Gasteiger partial charge on any atom is -0.465 e. The van der Waals surface area contributed by atoms with Gasteiger partial charge in [0.15, 0.2) is 6.23 Å². The van der Waals surface area contributed by atoms with Gasteiger partial charge in [-0.25, -0.2) is 9.36 Å². The number of rotatable bonds is 13. The van der Waals surface area contributed by atoms with Crippen molar-refractivity contribution in [1.82, 2.24) is 14.6 Å². The summed E-state index contributed by atoms with van der Waals surface area (Å²) >= 11 is 12.0. The van der Waals surface area contributed by atoms with Crippen molar-refractivity contribution < 1.29 is 38.1 Å². The minimum atomic E-state index is -4.64. The first-order valence-corrected chi connectivity index (χ1v) is 14.8. The largest absolute Gasteiger partial charge is 0.465 e. The molecule has 0 radical (unpaired) electrons. The van der Waals surface area contributed by atoms with Gasteiger partial charge in [-0.15, -0.1) is 0 Å². The summed E-state index contributed by atoms with van der Waals surface area (Å²) in [5, 5.41) is 27.9. The van der Waals surface area contributed by atoms with E-state index in [4.69, 9.17) is 47.5 Å². The predicted octanol–water partition coefficient (Wildman–Crippen LogP) is 3.16. The SMILES string of the molecule is CCOC(=O)[C@H](CC(C)C)NP(=O)(OC[C@@]1(N=[N+]=[N-])O[C@@H](n2ccc(N)nc2=O)[C@H](O)[C@@H]1O)Oc1ccc(Cl)c(Cl)c1. The number of nitrogen functional groups attached to an aromatic ring is 1. The number of anilines is 1. The van der Waals surface area contributed by atoms with E-state index in [0.29, 0.717) is 0 Å². The molecule has 1 aromatic heterocycles. The number of nitrogens with one attached hydrogen (secondary N) is 1. The lowest BCUT2D eigenvalue weighted by molar-refractivity contribution is -0.145. The molecule has 1 fully saturated rings. The van der Waals surface area contributed by atoms with Crippen molar-refractivity contribution in [2.45, 2.75) is 57.4 Å². The van der Waals surface area contributed by atoms with Crippen molar-refractivity contribution >= 4 is 42.7 Å². The maximum atomic E-state index is 14.2. The molecule has 0 amide bonds. The van der Waals surface area contributed by atoms with E-state index in [1.54, 1.807) is 6.92 Å². The molecule has 1 aliphatic heterocycles. The van der Waals surface area contributed by atoms with Crippen molar-refractivity contribution in [3.63, 3.8) is 0 Å². The van der Waals surface area contributed by atoms with Crippen molar-refractivity contribution in [1.29, 1.82) is 0 Å². The number of ether oxygens (including phenoxy) is 2. The maximum absolute atomic E-state index is 14.2. The lowest BCUT2D eigenvalue weighted by Gasteiger charge is -2.30. The van der Waals surface area contributed by atoms with Gasteiger partial charge in [-0.2, -0.15) is 10.1 Å². The Morgan fingerprint density at radius 1 is 1.36 bits per heavy atom. The Bertz CT molecular complexity index is 1440. The van der Waals surface area contributed by atoms with Gasteiger partial charge in [-0.3, -0.25) is 13.9 Å². The third-order valence-electron chi connectivity index (χ3n) is 5.89. The van der Waals surface area contributed by atoms with Gasteiger partial charge >= 0.3 is 19.4 Å². The van der Waals surface area contributed by atoms with Gasteiger partial charge in [0.25, 0.3) is 0 Å². The van der Waals surface area contributed by atoms with E-state index in [0.717, 1.165) is 10.8 Å². The first-order valence-electron chi connectivity index (χ1n) is 12.5. The zero-order valence-corrected chi connectivity index (χ0v) is 25.1. The second kappa shape index (κ2) is 14.0. The molecule has 0 spiro atoms. The third-order valence-corrected chi connectivity index (χ3v) is 8.18. The van der Waals surface area contributed by atoms with E-state index in [9.17, 15) is 29.9 Å². The van der Waals surface area contributed by atoms with Crippen LogP contribution in [0, 0.1) is 5.92 Å². The van der Waals surface area contributed by atoms with Gasteiger partial charge in [0.05, 0.1) is 23.3 Å². The molecule has 1 unspecified atom stereocenters. The van der Waals surface area contributed by atoms with E-state index in [1.807, 2.05) is 13.8 Å². The molecule has 16 nitrogen and oxygen atoms in total.